The van der Waals surface area contributed by atoms with Crippen LogP contribution in [0.4, 0.5) is 0 Å². The van der Waals surface area contributed by atoms with E-state index in [4.69, 9.17) is 15.0 Å². The Kier molecular flexibility index (Phi) is 6.64. The van der Waals surface area contributed by atoms with Gasteiger partial charge in [-0.3, -0.25) is 0 Å². The minimum atomic E-state index is 0.639. The maximum atomic E-state index is 5.23. The molecule has 12 rings (SSSR count). The van der Waals surface area contributed by atoms with E-state index in [9.17, 15) is 0 Å². The van der Waals surface area contributed by atoms with Gasteiger partial charge in [-0.2, -0.15) is 0 Å². The van der Waals surface area contributed by atoms with Crippen LogP contribution in [0.15, 0.2) is 170 Å². The average Bonchev–Trinajstić information content (AvgIpc) is 3.92. The van der Waals surface area contributed by atoms with Crippen LogP contribution in [0.3, 0.4) is 0 Å². The monoisotopic (exact) mass is 736 g/mol. The summed E-state index contributed by atoms with van der Waals surface area (Å²) in [6, 6.07) is 60.8. The molecule has 6 heteroatoms. The second-order valence-corrected chi connectivity index (χ2v) is 16.2. The molecule has 0 aliphatic heterocycles. The molecule has 12 aromatic rings. The highest BCUT2D eigenvalue weighted by Crippen LogP contribution is 2.40. The van der Waals surface area contributed by atoms with Gasteiger partial charge in [0.1, 0.15) is 0 Å². The maximum Gasteiger partial charge on any atom is 0.164 e. The first-order valence-corrected chi connectivity index (χ1v) is 20.0. The second kappa shape index (κ2) is 11.9. The molecule has 4 nitrogen and oxygen atoms in total. The third-order valence-electron chi connectivity index (χ3n) is 10.8. The predicted octanol–water partition coefficient (Wildman–Crippen LogP) is 13.9. The zero-order valence-electron chi connectivity index (χ0n) is 29.3. The summed E-state index contributed by atoms with van der Waals surface area (Å²) in [6.45, 7) is 0. The molecule has 0 unspecified atom stereocenters. The lowest BCUT2D eigenvalue weighted by Gasteiger charge is -2.12. The summed E-state index contributed by atoms with van der Waals surface area (Å²) < 4.78 is 7.38. The molecule has 0 amide bonds. The number of rotatable bonds is 4. The lowest BCUT2D eigenvalue weighted by Crippen LogP contribution is -2.01. The zero-order valence-corrected chi connectivity index (χ0v) is 30.9. The molecule has 0 aliphatic rings. The van der Waals surface area contributed by atoms with Crippen molar-refractivity contribution in [3.05, 3.63) is 170 Å². The summed E-state index contributed by atoms with van der Waals surface area (Å²) in [7, 11) is 0. The first-order valence-electron chi connectivity index (χ1n) is 18.3. The van der Waals surface area contributed by atoms with Crippen molar-refractivity contribution in [3.63, 3.8) is 0 Å². The molecule has 0 saturated carbocycles. The molecule has 4 aromatic heterocycles. The van der Waals surface area contributed by atoms with Crippen LogP contribution in [-0.4, -0.2) is 19.5 Å². The summed E-state index contributed by atoms with van der Waals surface area (Å²) in [4.78, 5) is 15.7. The quantitative estimate of drug-likeness (QED) is 0.181. The number of hydrogen-bond acceptors (Lipinski definition) is 5. The summed E-state index contributed by atoms with van der Waals surface area (Å²) in [6.07, 6.45) is 0. The number of aromatic nitrogens is 4. The summed E-state index contributed by atoms with van der Waals surface area (Å²) >= 11 is 3.61. The highest BCUT2D eigenvalue weighted by atomic mass is 32.1. The average molecular weight is 737 g/mol. The molecule has 0 saturated heterocycles. The molecule has 0 aliphatic carbocycles. The highest BCUT2D eigenvalue weighted by Gasteiger charge is 2.18. The van der Waals surface area contributed by atoms with Gasteiger partial charge in [0.2, 0.25) is 0 Å². The summed E-state index contributed by atoms with van der Waals surface area (Å²) in [5.41, 5.74) is 6.29. The van der Waals surface area contributed by atoms with Gasteiger partial charge in [0.25, 0.3) is 0 Å². The SMILES string of the molecule is c1cc(-c2nc(-c3ccc4c(c3)sc3ccccc34)nc(-c3ccc4c(c3)sc3ccccc34)n2)cc(-n2c3ccccc3c3ccc4ccccc4c32)c1. The maximum absolute atomic E-state index is 5.23. The van der Waals surface area contributed by atoms with E-state index in [0.29, 0.717) is 17.5 Å². The molecule has 0 atom stereocenters. The molecule has 0 spiro atoms. The minimum absolute atomic E-state index is 0.639. The molecule has 0 radical (unpaired) electrons. The molecular formula is C49H28N4S2. The van der Waals surface area contributed by atoms with Crippen LogP contribution in [0.5, 0.6) is 0 Å². The first kappa shape index (κ1) is 30.7. The van der Waals surface area contributed by atoms with E-state index in [2.05, 4.69) is 174 Å². The van der Waals surface area contributed by atoms with Crippen molar-refractivity contribution in [2.75, 3.05) is 0 Å². The number of thiophene rings is 2. The lowest BCUT2D eigenvalue weighted by atomic mass is 10.1. The van der Waals surface area contributed by atoms with Crippen molar-refractivity contribution in [2.24, 2.45) is 0 Å². The van der Waals surface area contributed by atoms with E-state index < -0.39 is 0 Å². The zero-order chi connectivity index (χ0) is 36.0. The Balaban J connectivity index is 1.08. The van der Waals surface area contributed by atoms with Crippen molar-refractivity contribution in [1.29, 1.82) is 0 Å². The van der Waals surface area contributed by atoms with Crippen LogP contribution in [-0.2, 0) is 0 Å². The van der Waals surface area contributed by atoms with Gasteiger partial charge in [0, 0.05) is 78.9 Å². The van der Waals surface area contributed by atoms with Crippen LogP contribution in [0.25, 0.3) is 113 Å². The van der Waals surface area contributed by atoms with Crippen LogP contribution in [0.1, 0.15) is 0 Å². The molecule has 0 N–H and O–H groups in total. The Morgan fingerprint density at radius 3 is 1.51 bits per heavy atom. The largest absolute Gasteiger partial charge is 0.309 e. The van der Waals surface area contributed by atoms with Crippen molar-refractivity contribution < 1.29 is 0 Å². The van der Waals surface area contributed by atoms with Crippen molar-refractivity contribution in [3.8, 4) is 39.9 Å². The number of hydrogen-bond donors (Lipinski definition) is 0. The van der Waals surface area contributed by atoms with E-state index in [1.165, 1.54) is 67.4 Å². The standard InChI is InChI=1S/C49H28N4S2/c1-2-13-34-29(10-1)20-25-40-35-14-3-6-17-41(35)53(46(34)40)33-12-9-11-30(26-33)47-50-48(31-21-23-38-36-15-4-7-18-42(36)54-44(38)27-31)52-49(51-47)32-22-24-39-37-16-5-8-19-43(37)55-45(39)28-32/h1-28H. The fourth-order valence-electron chi connectivity index (χ4n) is 8.28. The predicted molar refractivity (Wildman–Crippen MR) is 234 cm³/mol. The van der Waals surface area contributed by atoms with Gasteiger partial charge in [0.05, 0.1) is 11.0 Å². The van der Waals surface area contributed by atoms with Gasteiger partial charge < -0.3 is 4.57 Å². The van der Waals surface area contributed by atoms with Gasteiger partial charge in [-0.1, -0.05) is 127 Å². The van der Waals surface area contributed by atoms with Crippen LogP contribution >= 0.6 is 22.7 Å². The molecule has 256 valence electrons. The lowest BCUT2D eigenvalue weighted by molar-refractivity contribution is 1.07. The second-order valence-electron chi connectivity index (χ2n) is 14.0. The molecule has 8 aromatic carbocycles. The normalized spacial score (nSPS) is 12.0. The van der Waals surface area contributed by atoms with Crippen molar-refractivity contribution in [2.45, 2.75) is 0 Å². The number of nitrogens with zero attached hydrogens (tertiary/aromatic N) is 4. The van der Waals surface area contributed by atoms with Gasteiger partial charge >= 0.3 is 0 Å². The van der Waals surface area contributed by atoms with Gasteiger partial charge in [0.15, 0.2) is 17.5 Å². The Labute approximate surface area is 323 Å². The Morgan fingerprint density at radius 1 is 0.345 bits per heavy atom. The van der Waals surface area contributed by atoms with Crippen LogP contribution in [0.2, 0.25) is 0 Å². The molecule has 0 bridgehead atoms. The van der Waals surface area contributed by atoms with Crippen molar-refractivity contribution >= 4 is 95.6 Å². The third-order valence-corrected chi connectivity index (χ3v) is 13.1. The summed E-state index contributed by atoms with van der Waals surface area (Å²) in [5.74, 6) is 1.95. The minimum Gasteiger partial charge on any atom is -0.309 e. The Hall–Kier alpha value is -6.73. The topological polar surface area (TPSA) is 43.6 Å². The Morgan fingerprint density at radius 2 is 0.855 bits per heavy atom. The van der Waals surface area contributed by atoms with Gasteiger partial charge in [-0.05, 0) is 47.9 Å². The van der Waals surface area contributed by atoms with Crippen molar-refractivity contribution in [1.82, 2.24) is 19.5 Å². The fourth-order valence-corrected chi connectivity index (χ4v) is 10.6. The number of benzene rings is 8. The van der Waals surface area contributed by atoms with E-state index in [1.54, 1.807) is 22.7 Å². The number of para-hydroxylation sites is 1. The Bertz CT molecular complexity index is 3380. The van der Waals surface area contributed by atoms with Gasteiger partial charge in [-0.15, -0.1) is 22.7 Å². The van der Waals surface area contributed by atoms with E-state index in [-0.39, 0.29) is 0 Å². The molecule has 4 heterocycles. The highest BCUT2D eigenvalue weighted by molar-refractivity contribution is 7.26. The van der Waals surface area contributed by atoms with E-state index >= 15 is 0 Å². The number of fused-ring (bicyclic) bond motifs is 11. The first-order chi connectivity index (χ1) is 27.2. The van der Waals surface area contributed by atoms with E-state index in [0.717, 1.165) is 27.9 Å². The summed E-state index contributed by atoms with van der Waals surface area (Å²) in [5, 5.41) is 9.95. The third kappa shape index (κ3) is 4.79. The fraction of sp³-hybridized carbons (Fsp3) is 0. The molecule has 55 heavy (non-hydrogen) atoms. The van der Waals surface area contributed by atoms with Crippen LogP contribution in [0, 0.1) is 0 Å². The van der Waals surface area contributed by atoms with Crippen LogP contribution < -0.4 is 0 Å². The van der Waals surface area contributed by atoms with Gasteiger partial charge in [-0.25, -0.2) is 15.0 Å². The molecular weight excluding hydrogens is 709 g/mol. The van der Waals surface area contributed by atoms with E-state index in [1.807, 2.05) is 0 Å². The smallest absolute Gasteiger partial charge is 0.164 e. The molecule has 0 fully saturated rings.